The number of methoxy groups -OCH3 is 1. The molecule has 0 aliphatic carbocycles. The van der Waals surface area contributed by atoms with Gasteiger partial charge in [0.15, 0.2) is 0 Å². The van der Waals surface area contributed by atoms with Crippen LogP contribution in [0.25, 0.3) is 0 Å². The smallest absolute Gasteiger partial charge is 0.264 e. The minimum atomic E-state index is 0. The SMILES string of the molecule is COC1CCN(C(=O)c2cc(C)c(C)s2)C(CN)C1.Cl. The van der Waals surface area contributed by atoms with E-state index in [1.165, 1.54) is 10.4 Å². The topological polar surface area (TPSA) is 55.6 Å². The second-order valence-electron chi connectivity index (χ2n) is 5.12. The third-order valence-electron chi connectivity index (χ3n) is 3.91. The average molecular weight is 319 g/mol. The van der Waals surface area contributed by atoms with Crippen molar-refractivity contribution in [3.8, 4) is 0 Å². The highest BCUT2D eigenvalue weighted by atomic mass is 35.5. The Balaban J connectivity index is 0.00000200. The molecule has 2 N–H and O–H groups in total. The first kappa shape index (κ1) is 17.4. The van der Waals surface area contributed by atoms with Gasteiger partial charge in [0, 0.05) is 31.1 Å². The molecule has 0 aromatic carbocycles. The number of amides is 1. The van der Waals surface area contributed by atoms with E-state index in [4.69, 9.17) is 10.5 Å². The van der Waals surface area contributed by atoms with E-state index in [2.05, 4.69) is 0 Å². The predicted octanol–water partition coefficient (Wildman–Crippen LogP) is 2.37. The standard InChI is InChI=1S/C14H22N2O2S.ClH/c1-9-6-13(19-10(9)2)14(17)16-5-4-12(18-3)7-11(16)8-15;/h6,11-12H,4-5,7-8,15H2,1-3H3;1H. The van der Waals surface area contributed by atoms with Gasteiger partial charge >= 0.3 is 0 Å². The van der Waals surface area contributed by atoms with Crippen LogP contribution >= 0.6 is 23.7 Å². The predicted molar refractivity (Wildman–Crippen MR) is 85.0 cm³/mol. The number of thiophene rings is 1. The largest absolute Gasteiger partial charge is 0.381 e. The van der Waals surface area contributed by atoms with E-state index in [1.54, 1.807) is 18.4 Å². The molecule has 0 bridgehead atoms. The minimum Gasteiger partial charge on any atom is -0.381 e. The van der Waals surface area contributed by atoms with Gasteiger partial charge in [0.1, 0.15) is 0 Å². The number of hydrogen-bond donors (Lipinski definition) is 1. The van der Waals surface area contributed by atoms with Crippen molar-refractivity contribution in [2.24, 2.45) is 5.73 Å². The van der Waals surface area contributed by atoms with Crippen LogP contribution in [0.4, 0.5) is 0 Å². The molecule has 2 heterocycles. The fourth-order valence-electron chi connectivity index (χ4n) is 2.54. The zero-order chi connectivity index (χ0) is 14.0. The summed E-state index contributed by atoms with van der Waals surface area (Å²) in [5.74, 6) is 0.117. The Morgan fingerprint density at radius 3 is 2.75 bits per heavy atom. The van der Waals surface area contributed by atoms with Crippen LogP contribution in [0.5, 0.6) is 0 Å². The number of carbonyl (C=O) groups is 1. The van der Waals surface area contributed by atoms with Crippen molar-refractivity contribution in [2.45, 2.75) is 38.8 Å². The maximum atomic E-state index is 12.6. The lowest BCUT2D eigenvalue weighted by Gasteiger charge is -2.38. The van der Waals surface area contributed by atoms with Gasteiger partial charge < -0.3 is 15.4 Å². The van der Waals surface area contributed by atoms with E-state index >= 15 is 0 Å². The van der Waals surface area contributed by atoms with Crippen LogP contribution in [0.1, 0.15) is 33.0 Å². The fourth-order valence-corrected chi connectivity index (χ4v) is 3.53. The summed E-state index contributed by atoms with van der Waals surface area (Å²) >= 11 is 1.57. The molecule has 20 heavy (non-hydrogen) atoms. The third kappa shape index (κ3) is 3.52. The summed E-state index contributed by atoms with van der Waals surface area (Å²) in [6, 6.07) is 2.08. The second kappa shape index (κ2) is 7.41. The Kier molecular flexibility index (Phi) is 6.45. The summed E-state index contributed by atoms with van der Waals surface area (Å²) in [7, 11) is 1.72. The van der Waals surface area contributed by atoms with Gasteiger partial charge in [-0.1, -0.05) is 0 Å². The van der Waals surface area contributed by atoms with Crippen molar-refractivity contribution in [1.29, 1.82) is 0 Å². The fraction of sp³-hybridized carbons (Fsp3) is 0.643. The summed E-state index contributed by atoms with van der Waals surface area (Å²) in [5.41, 5.74) is 7.00. The average Bonchev–Trinajstić information content (AvgIpc) is 2.77. The summed E-state index contributed by atoms with van der Waals surface area (Å²) in [6.45, 7) is 5.32. The van der Waals surface area contributed by atoms with Crippen LogP contribution in [0.15, 0.2) is 6.07 Å². The number of carbonyl (C=O) groups excluding carboxylic acids is 1. The van der Waals surface area contributed by atoms with Gasteiger partial charge in [0.25, 0.3) is 5.91 Å². The lowest BCUT2D eigenvalue weighted by molar-refractivity contribution is 0.0141. The number of nitrogens with zero attached hydrogens (tertiary/aromatic N) is 1. The molecule has 2 atom stereocenters. The van der Waals surface area contributed by atoms with E-state index < -0.39 is 0 Å². The second-order valence-corrected chi connectivity index (χ2v) is 6.38. The van der Waals surface area contributed by atoms with Crippen molar-refractivity contribution in [1.82, 2.24) is 4.90 Å². The molecule has 6 heteroatoms. The van der Waals surface area contributed by atoms with Gasteiger partial charge in [-0.2, -0.15) is 0 Å². The van der Waals surface area contributed by atoms with Crippen LogP contribution in [-0.4, -0.2) is 43.2 Å². The monoisotopic (exact) mass is 318 g/mol. The molecule has 1 aliphatic rings. The molecule has 1 aliphatic heterocycles. The highest BCUT2D eigenvalue weighted by Gasteiger charge is 2.31. The molecular weight excluding hydrogens is 296 g/mol. The summed E-state index contributed by atoms with van der Waals surface area (Å²) in [4.78, 5) is 16.5. The Morgan fingerprint density at radius 2 is 2.25 bits per heavy atom. The molecule has 4 nitrogen and oxygen atoms in total. The maximum Gasteiger partial charge on any atom is 0.264 e. The number of likely N-dealkylation sites (tertiary alicyclic amines) is 1. The molecule has 2 unspecified atom stereocenters. The van der Waals surface area contributed by atoms with E-state index in [9.17, 15) is 4.79 Å². The van der Waals surface area contributed by atoms with E-state index in [0.717, 1.165) is 24.3 Å². The number of hydrogen-bond acceptors (Lipinski definition) is 4. The lowest BCUT2D eigenvalue weighted by Crippen LogP contribution is -2.51. The Morgan fingerprint density at radius 1 is 1.55 bits per heavy atom. The van der Waals surface area contributed by atoms with Gasteiger partial charge in [-0.15, -0.1) is 23.7 Å². The van der Waals surface area contributed by atoms with Gasteiger partial charge in [-0.05, 0) is 38.3 Å². The zero-order valence-electron chi connectivity index (χ0n) is 12.2. The van der Waals surface area contributed by atoms with Crippen LogP contribution in [0.2, 0.25) is 0 Å². The first-order valence-corrected chi connectivity index (χ1v) is 7.49. The van der Waals surface area contributed by atoms with Crippen molar-refractivity contribution in [2.75, 3.05) is 20.2 Å². The van der Waals surface area contributed by atoms with Gasteiger partial charge in [-0.3, -0.25) is 4.79 Å². The first-order valence-electron chi connectivity index (χ1n) is 6.67. The number of halogens is 1. The van der Waals surface area contributed by atoms with E-state index in [0.29, 0.717) is 6.54 Å². The van der Waals surface area contributed by atoms with Gasteiger partial charge in [0.05, 0.1) is 11.0 Å². The Bertz CT molecular complexity index is 445. The summed E-state index contributed by atoms with van der Waals surface area (Å²) < 4.78 is 5.39. The van der Waals surface area contributed by atoms with Crippen LogP contribution < -0.4 is 5.73 Å². The van der Waals surface area contributed by atoms with Crippen molar-refractivity contribution < 1.29 is 9.53 Å². The third-order valence-corrected chi connectivity index (χ3v) is 5.05. The highest BCUT2D eigenvalue weighted by molar-refractivity contribution is 7.14. The molecule has 0 spiro atoms. The number of nitrogens with two attached hydrogens (primary N) is 1. The van der Waals surface area contributed by atoms with Crippen molar-refractivity contribution in [3.63, 3.8) is 0 Å². The molecule has 1 amide bonds. The number of aryl methyl sites for hydroxylation is 2. The minimum absolute atomic E-state index is 0. The number of rotatable bonds is 3. The molecule has 1 aromatic rings. The lowest BCUT2D eigenvalue weighted by atomic mass is 9.99. The molecular formula is C14H23ClN2O2S. The molecule has 1 saturated heterocycles. The first-order chi connectivity index (χ1) is 9.06. The Hall–Kier alpha value is -0.620. The molecule has 1 aromatic heterocycles. The van der Waals surface area contributed by atoms with E-state index in [-0.39, 0.29) is 30.5 Å². The molecule has 0 saturated carbocycles. The quantitative estimate of drug-likeness (QED) is 0.931. The van der Waals surface area contributed by atoms with Gasteiger partial charge in [0.2, 0.25) is 0 Å². The Labute approximate surface area is 130 Å². The normalized spacial score (nSPS) is 22.5. The molecule has 114 valence electrons. The number of ether oxygens (including phenoxy) is 1. The molecule has 0 radical (unpaired) electrons. The summed E-state index contributed by atoms with van der Waals surface area (Å²) in [6.07, 6.45) is 1.95. The maximum absolute atomic E-state index is 12.6. The van der Waals surface area contributed by atoms with Crippen molar-refractivity contribution in [3.05, 3.63) is 21.4 Å². The number of piperidine rings is 1. The zero-order valence-corrected chi connectivity index (χ0v) is 13.9. The molecule has 2 rings (SSSR count). The van der Waals surface area contributed by atoms with Crippen molar-refractivity contribution >= 4 is 29.7 Å². The summed E-state index contributed by atoms with van der Waals surface area (Å²) in [5, 5.41) is 0. The van der Waals surface area contributed by atoms with Crippen LogP contribution in [0, 0.1) is 13.8 Å². The highest BCUT2D eigenvalue weighted by Crippen LogP contribution is 2.26. The van der Waals surface area contributed by atoms with Crippen LogP contribution in [0.3, 0.4) is 0 Å². The van der Waals surface area contributed by atoms with Gasteiger partial charge in [-0.25, -0.2) is 0 Å². The van der Waals surface area contributed by atoms with Crippen LogP contribution in [-0.2, 0) is 4.74 Å². The molecule has 1 fully saturated rings. The van der Waals surface area contributed by atoms with E-state index in [1.807, 2.05) is 24.8 Å².